The number of nitrogens with one attached hydrogen (secondary N) is 5. The van der Waals surface area contributed by atoms with Crippen LogP contribution in [-0.2, 0) is 24.0 Å². The maximum atomic E-state index is 12.9. The molecule has 12 N–H and O–H groups in total. The van der Waals surface area contributed by atoms with Gasteiger partial charge in [0.25, 0.3) is 0 Å². The lowest BCUT2D eigenvalue weighted by Crippen LogP contribution is -2.59. The first-order chi connectivity index (χ1) is 17.0. The minimum Gasteiger partial charge on any atom is -0.394 e. The molecule has 1 rings (SSSR count). The fraction of sp³-hybridized carbons (Fsp3) is 0.762. The first-order valence-corrected chi connectivity index (χ1v) is 11.9. The first kappa shape index (κ1) is 31.2. The summed E-state index contributed by atoms with van der Waals surface area (Å²) in [5.74, 6) is -3.35. The van der Waals surface area contributed by atoms with Crippen molar-refractivity contribution in [3.8, 4) is 0 Å². The molecule has 0 bridgehead atoms. The van der Waals surface area contributed by atoms with Gasteiger partial charge in [-0.15, -0.1) is 0 Å². The molecule has 1 aliphatic rings. The average molecular weight is 518 g/mol. The van der Waals surface area contributed by atoms with Gasteiger partial charge in [-0.25, -0.2) is 0 Å². The molecule has 0 aromatic rings. The molecule has 1 heterocycles. The molecule has 1 saturated heterocycles. The van der Waals surface area contributed by atoms with Crippen molar-refractivity contribution in [3.05, 3.63) is 0 Å². The minimum atomic E-state index is -1.28. The van der Waals surface area contributed by atoms with Crippen LogP contribution in [0.3, 0.4) is 0 Å². The van der Waals surface area contributed by atoms with Gasteiger partial charge < -0.3 is 53.4 Å². The molecule has 1 fully saturated rings. The van der Waals surface area contributed by atoms with E-state index in [2.05, 4.69) is 26.6 Å². The van der Waals surface area contributed by atoms with Crippen molar-refractivity contribution in [3.63, 3.8) is 0 Å². The number of aliphatic hydroxyl groups excluding tert-OH is 3. The van der Waals surface area contributed by atoms with Gasteiger partial charge in [0, 0.05) is 19.5 Å². The van der Waals surface area contributed by atoms with Crippen LogP contribution in [0.25, 0.3) is 0 Å². The van der Waals surface area contributed by atoms with Gasteiger partial charge in [-0.2, -0.15) is 0 Å². The highest BCUT2D eigenvalue weighted by atomic mass is 16.3. The standard InChI is InChI=1S/C21H39N7O8/c1-11(31)15-8-25-16(10-30)21(36)26-13(18(23)33)4-2-3-7-24-17(32)6-5-14(20(35)28-15)27-19(34)12(22)9-29/h11-16,25,29-31H,2-10,22H2,1H3,(H2,23,33)(H,24,32)(H,26,36)(H,27,34)(H,28,35). The summed E-state index contributed by atoms with van der Waals surface area (Å²) in [4.78, 5) is 61.6. The molecule has 206 valence electrons. The summed E-state index contributed by atoms with van der Waals surface area (Å²) in [7, 11) is 0. The van der Waals surface area contributed by atoms with Crippen LogP contribution in [0.5, 0.6) is 0 Å². The lowest BCUT2D eigenvalue weighted by atomic mass is 10.1. The molecular formula is C21H39N7O8. The quantitative estimate of drug-likeness (QED) is 0.160. The van der Waals surface area contributed by atoms with E-state index in [4.69, 9.17) is 16.6 Å². The zero-order chi connectivity index (χ0) is 27.3. The molecule has 6 atom stereocenters. The van der Waals surface area contributed by atoms with Crippen LogP contribution in [0.15, 0.2) is 0 Å². The predicted octanol–water partition coefficient (Wildman–Crippen LogP) is -5.34. The van der Waals surface area contributed by atoms with E-state index in [1.54, 1.807) is 0 Å². The van der Waals surface area contributed by atoms with E-state index >= 15 is 0 Å². The SMILES string of the molecule is CC(O)C1CNC(CO)C(=O)NC(C(N)=O)CCCCNC(=O)CCC(NC(=O)C(N)CO)C(=O)N1. The van der Waals surface area contributed by atoms with Crippen LogP contribution in [0.1, 0.15) is 39.0 Å². The van der Waals surface area contributed by atoms with Crippen molar-refractivity contribution in [2.24, 2.45) is 11.5 Å². The molecule has 36 heavy (non-hydrogen) atoms. The molecule has 0 radical (unpaired) electrons. The summed E-state index contributed by atoms with van der Waals surface area (Å²) in [6.07, 6.45) is -0.165. The Morgan fingerprint density at radius 1 is 1.11 bits per heavy atom. The summed E-state index contributed by atoms with van der Waals surface area (Å²) >= 11 is 0. The summed E-state index contributed by atoms with van der Waals surface area (Å²) in [6.45, 7) is 0.199. The van der Waals surface area contributed by atoms with E-state index in [0.717, 1.165) is 0 Å². The Kier molecular flexibility index (Phi) is 13.9. The van der Waals surface area contributed by atoms with E-state index in [1.807, 2.05) is 0 Å². The van der Waals surface area contributed by atoms with Gasteiger partial charge in [0.15, 0.2) is 0 Å². The molecule has 0 spiro atoms. The number of amides is 5. The third-order valence-electron chi connectivity index (χ3n) is 5.72. The number of carbonyl (C=O) groups is 5. The first-order valence-electron chi connectivity index (χ1n) is 11.9. The van der Waals surface area contributed by atoms with Crippen LogP contribution in [0.2, 0.25) is 0 Å². The Balaban J connectivity index is 3.09. The van der Waals surface area contributed by atoms with Crippen LogP contribution in [0, 0.1) is 0 Å². The summed E-state index contributed by atoms with van der Waals surface area (Å²) < 4.78 is 0. The normalized spacial score (nSPS) is 27.3. The van der Waals surface area contributed by atoms with Crippen molar-refractivity contribution in [2.45, 2.75) is 75.3 Å². The van der Waals surface area contributed by atoms with Gasteiger partial charge in [-0.1, -0.05) is 0 Å². The van der Waals surface area contributed by atoms with Crippen LogP contribution in [-0.4, -0.2) is 107 Å². The van der Waals surface area contributed by atoms with Crippen molar-refractivity contribution < 1.29 is 39.3 Å². The lowest BCUT2D eigenvalue weighted by Gasteiger charge is -2.28. The number of hydrogen-bond donors (Lipinski definition) is 10. The zero-order valence-corrected chi connectivity index (χ0v) is 20.4. The second kappa shape index (κ2) is 16.0. The fourth-order valence-corrected chi connectivity index (χ4v) is 3.39. The van der Waals surface area contributed by atoms with Gasteiger partial charge in [-0.05, 0) is 32.6 Å². The molecule has 0 aliphatic carbocycles. The number of hydrogen-bond acceptors (Lipinski definition) is 10. The molecule has 15 heteroatoms. The summed E-state index contributed by atoms with van der Waals surface area (Å²) in [6, 6.07) is -5.59. The second-order valence-corrected chi connectivity index (χ2v) is 8.70. The number of primary amides is 1. The van der Waals surface area contributed by atoms with E-state index in [-0.39, 0.29) is 38.3 Å². The van der Waals surface area contributed by atoms with Gasteiger partial charge in [-0.3, -0.25) is 24.0 Å². The molecule has 6 unspecified atom stereocenters. The molecule has 5 amide bonds. The number of rotatable bonds is 6. The Morgan fingerprint density at radius 3 is 2.39 bits per heavy atom. The molecule has 0 aromatic heterocycles. The van der Waals surface area contributed by atoms with E-state index in [0.29, 0.717) is 12.8 Å². The highest BCUT2D eigenvalue weighted by Gasteiger charge is 2.29. The molecule has 0 aromatic carbocycles. The van der Waals surface area contributed by atoms with E-state index in [9.17, 15) is 34.2 Å². The zero-order valence-electron chi connectivity index (χ0n) is 20.4. The fourth-order valence-electron chi connectivity index (χ4n) is 3.39. The largest absolute Gasteiger partial charge is 0.394 e. The second-order valence-electron chi connectivity index (χ2n) is 8.70. The predicted molar refractivity (Wildman–Crippen MR) is 127 cm³/mol. The molecular weight excluding hydrogens is 478 g/mol. The van der Waals surface area contributed by atoms with Gasteiger partial charge in [0.05, 0.1) is 25.4 Å². The van der Waals surface area contributed by atoms with Gasteiger partial charge in [0.1, 0.15) is 24.2 Å². The van der Waals surface area contributed by atoms with Crippen molar-refractivity contribution >= 4 is 29.5 Å². The Bertz CT molecular complexity index is 767. The van der Waals surface area contributed by atoms with Crippen molar-refractivity contribution in [2.75, 3.05) is 26.3 Å². The monoisotopic (exact) mass is 517 g/mol. The third kappa shape index (κ3) is 10.8. The average Bonchev–Trinajstić information content (AvgIpc) is 2.83. The smallest absolute Gasteiger partial charge is 0.242 e. The summed E-state index contributed by atoms with van der Waals surface area (Å²) in [5.41, 5.74) is 10.9. The molecule has 0 saturated carbocycles. The lowest BCUT2D eigenvalue weighted by molar-refractivity contribution is -0.131. The maximum absolute atomic E-state index is 12.9. The van der Waals surface area contributed by atoms with E-state index < -0.39 is 73.2 Å². The maximum Gasteiger partial charge on any atom is 0.242 e. The van der Waals surface area contributed by atoms with Crippen LogP contribution < -0.4 is 38.1 Å². The molecule has 15 nitrogen and oxygen atoms in total. The van der Waals surface area contributed by atoms with Crippen LogP contribution >= 0.6 is 0 Å². The number of nitrogens with two attached hydrogens (primary N) is 2. The highest BCUT2D eigenvalue weighted by Crippen LogP contribution is 2.05. The van der Waals surface area contributed by atoms with Crippen molar-refractivity contribution in [1.29, 1.82) is 0 Å². The Labute approximate surface area is 209 Å². The topological polar surface area (TPSA) is 258 Å². The minimum absolute atomic E-state index is 0.0903. The summed E-state index contributed by atoms with van der Waals surface area (Å²) in [5, 5.41) is 41.7. The molecule has 1 aliphatic heterocycles. The van der Waals surface area contributed by atoms with Gasteiger partial charge in [0.2, 0.25) is 29.5 Å². The van der Waals surface area contributed by atoms with Crippen LogP contribution in [0.4, 0.5) is 0 Å². The Morgan fingerprint density at radius 2 is 1.81 bits per heavy atom. The number of aliphatic hydroxyl groups is 3. The number of carbonyl (C=O) groups excluding carboxylic acids is 5. The van der Waals surface area contributed by atoms with Crippen molar-refractivity contribution in [1.82, 2.24) is 26.6 Å². The third-order valence-corrected chi connectivity index (χ3v) is 5.72. The highest BCUT2D eigenvalue weighted by molar-refractivity contribution is 5.90. The van der Waals surface area contributed by atoms with Gasteiger partial charge >= 0.3 is 0 Å². The Hall–Kier alpha value is -2.85. The van der Waals surface area contributed by atoms with E-state index in [1.165, 1.54) is 6.92 Å².